The molecule has 3 rings (SSSR count). The maximum absolute atomic E-state index is 12.3. The van der Waals surface area contributed by atoms with E-state index in [1.54, 1.807) is 68.8 Å². The van der Waals surface area contributed by atoms with Crippen LogP contribution in [0.3, 0.4) is 0 Å². The van der Waals surface area contributed by atoms with E-state index >= 15 is 0 Å². The van der Waals surface area contributed by atoms with Crippen LogP contribution in [0.15, 0.2) is 54.6 Å². The van der Waals surface area contributed by atoms with Crippen molar-refractivity contribution >= 4 is 23.1 Å². The van der Waals surface area contributed by atoms with E-state index in [2.05, 4.69) is 20.8 Å². The predicted octanol–water partition coefficient (Wildman–Crippen LogP) is 3.36. The quantitative estimate of drug-likeness (QED) is 0.680. The van der Waals surface area contributed by atoms with Gasteiger partial charge in [-0.3, -0.25) is 4.79 Å². The van der Waals surface area contributed by atoms with E-state index in [0.717, 1.165) is 0 Å². The van der Waals surface area contributed by atoms with Gasteiger partial charge >= 0.3 is 0 Å². The zero-order chi connectivity index (χ0) is 19.9. The molecule has 0 atom stereocenters. The monoisotopic (exact) mass is 375 g/mol. The molecule has 1 heterocycles. The minimum atomic E-state index is -0.423. The van der Waals surface area contributed by atoms with Crippen molar-refractivity contribution in [1.29, 1.82) is 5.26 Å². The van der Waals surface area contributed by atoms with Gasteiger partial charge in [-0.2, -0.15) is 5.26 Å². The maximum atomic E-state index is 12.3. The summed E-state index contributed by atoms with van der Waals surface area (Å²) in [5.74, 6) is 1.29. The van der Waals surface area contributed by atoms with Crippen molar-refractivity contribution in [2.45, 2.75) is 0 Å². The number of anilines is 3. The van der Waals surface area contributed by atoms with Crippen LogP contribution in [0.25, 0.3) is 0 Å². The van der Waals surface area contributed by atoms with Crippen LogP contribution in [0.5, 0.6) is 11.5 Å². The third-order valence-corrected chi connectivity index (χ3v) is 3.82. The van der Waals surface area contributed by atoms with E-state index in [1.807, 2.05) is 6.07 Å². The third kappa shape index (κ3) is 4.34. The smallest absolute Gasteiger partial charge is 0.276 e. The number of benzene rings is 2. The van der Waals surface area contributed by atoms with Crippen LogP contribution < -0.4 is 20.1 Å². The number of aromatic nitrogens is 2. The Labute approximate surface area is 161 Å². The average molecular weight is 375 g/mol. The number of amides is 1. The lowest BCUT2D eigenvalue weighted by molar-refractivity contribution is 0.102. The van der Waals surface area contributed by atoms with Gasteiger partial charge in [0.25, 0.3) is 5.91 Å². The molecular formula is C20H17N5O3. The topological polar surface area (TPSA) is 109 Å². The standard InChI is InChI=1S/C20H17N5O3/c1-27-15-6-8-18(28-2)17(11-15)23-19-9-7-16(24-25-19)20(26)22-14-5-3-4-13(10-14)12-21/h3-11H,1-2H3,(H,22,26)(H,23,25). The highest BCUT2D eigenvalue weighted by Crippen LogP contribution is 2.30. The molecule has 0 saturated carbocycles. The van der Waals surface area contributed by atoms with Gasteiger partial charge < -0.3 is 20.1 Å². The number of nitrogens with zero attached hydrogens (tertiary/aromatic N) is 3. The van der Waals surface area contributed by atoms with Gasteiger partial charge in [0.2, 0.25) is 0 Å². The first-order valence-electron chi connectivity index (χ1n) is 8.27. The molecule has 140 valence electrons. The molecule has 1 aromatic heterocycles. The van der Waals surface area contributed by atoms with Crippen molar-refractivity contribution in [2.75, 3.05) is 24.9 Å². The van der Waals surface area contributed by atoms with Gasteiger partial charge in [-0.15, -0.1) is 10.2 Å². The minimum absolute atomic E-state index is 0.144. The number of hydrogen-bond acceptors (Lipinski definition) is 7. The molecule has 3 aromatic rings. The van der Waals surface area contributed by atoms with Crippen LogP contribution in [-0.4, -0.2) is 30.3 Å². The summed E-state index contributed by atoms with van der Waals surface area (Å²) in [6.07, 6.45) is 0. The molecule has 0 bridgehead atoms. The number of nitriles is 1. The Morgan fingerprint density at radius 3 is 2.57 bits per heavy atom. The van der Waals surface area contributed by atoms with Crippen LogP contribution in [0, 0.1) is 11.3 Å². The summed E-state index contributed by atoms with van der Waals surface area (Å²) in [5, 5.41) is 22.7. The Balaban J connectivity index is 1.73. The fraction of sp³-hybridized carbons (Fsp3) is 0.100. The van der Waals surface area contributed by atoms with Gasteiger partial charge in [-0.1, -0.05) is 6.07 Å². The zero-order valence-corrected chi connectivity index (χ0v) is 15.3. The summed E-state index contributed by atoms with van der Waals surface area (Å²) in [4.78, 5) is 12.3. The summed E-state index contributed by atoms with van der Waals surface area (Å²) in [6, 6.07) is 17.1. The van der Waals surface area contributed by atoms with E-state index < -0.39 is 5.91 Å². The van der Waals surface area contributed by atoms with Gasteiger partial charge in [0, 0.05) is 11.8 Å². The van der Waals surface area contributed by atoms with Crippen LogP contribution in [0.1, 0.15) is 16.1 Å². The lowest BCUT2D eigenvalue weighted by Crippen LogP contribution is -2.14. The first-order chi connectivity index (χ1) is 13.6. The molecule has 1 amide bonds. The van der Waals surface area contributed by atoms with Crippen LogP contribution in [0.2, 0.25) is 0 Å². The lowest BCUT2D eigenvalue weighted by atomic mass is 10.2. The number of methoxy groups -OCH3 is 2. The number of rotatable bonds is 6. The number of hydrogen-bond donors (Lipinski definition) is 2. The molecule has 0 fully saturated rings. The largest absolute Gasteiger partial charge is 0.497 e. The van der Waals surface area contributed by atoms with E-state index in [1.165, 1.54) is 0 Å². The van der Waals surface area contributed by atoms with Crippen molar-refractivity contribution in [2.24, 2.45) is 0 Å². The summed E-state index contributed by atoms with van der Waals surface area (Å²) >= 11 is 0. The Morgan fingerprint density at radius 2 is 1.89 bits per heavy atom. The van der Waals surface area contributed by atoms with Gasteiger partial charge in [0.05, 0.1) is 31.5 Å². The molecule has 28 heavy (non-hydrogen) atoms. The summed E-state index contributed by atoms with van der Waals surface area (Å²) in [5.41, 5.74) is 1.76. The molecule has 2 aromatic carbocycles. The molecule has 0 radical (unpaired) electrons. The Hall–Kier alpha value is -4.12. The second-order valence-electron chi connectivity index (χ2n) is 5.64. The highest BCUT2D eigenvalue weighted by atomic mass is 16.5. The lowest BCUT2D eigenvalue weighted by Gasteiger charge is -2.12. The molecule has 0 saturated heterocycles. The maximum Gasteiger partial charge on any atom is 0.276 e. The molecule has 0 unspecified atom stereocenters. The predicted molar refractivity (Wildman–Crippen MR) is 104 cm³/mol. The molecule has 8 heteroatoms. The average Bonchev–Trinajstić information content (AvgIpc) is 2.74. The minimum Gasteiger partial charge on any atom is -0.497 e. The molecule has 0 spiro atoms. The second-order valence-corrected chi connectivity index (χ2v) is 5.64. The highest BCUT2D eigenvalue weighted by Gasteiger charge is 2.11. The SMILES string of the molecule is COc1ccc(OC)c(Nc2ccc(C(=O)Nc3cccc(C#N)c3)nn2)c1. The van der Waals surface area contributed by atoms with Crippen molar-refractivity contribution in [3.63, 3.8) is 0 Å². The Kier molecular flexibility index (Phi) is 5.67. The van der Waals surface area contributed by atoms with Gasteiger partial charge in [0.15, 0.2) is 11.5 Å². The zero-order valence-electron chi connectivity index (χ0n) is 15.3. The first-order valence-corrected chi connectivity index (χ1v) is 8.27. The molecule has 0 aliphatic carbocycles. The molecule has 2 N–H and O–H groups in total. The molecule has 0 aliphatic heterocycles. The number of carbonyl (C=O) groups is 1. The van der Waals surface area contributed by atoms with Crippen molar-refractivity contribution in [3.05, 3.63) is 65.9 Å². The number of ether oxygens (including phenoxy) is 2. The van der Waals surface area contributed by atoms with Crippen molar-refractivity contribution < 1.29 is 14.3 Å². The van der Waals surface area contributed by atoms with Crippen molar-refractivity contribution in [1.82, 2.24) is 10.2 Å². The van der Waals surface area contributed by atoms with Gasteiger partial charge in [-0.05, 0) is 42.5 Å². The number of nitrogens with one attached hydrogen (secondary N) is 2. The fourth-order valence-corrected chi connectivity index (χ4v) is 2.43. The van der Waals surface area contributed by atoms with Crippen molar-refractivity contribution in [3.8, 4) is 17.6 Å². The van der Waals surface area contributed by atoms with Crippen LogP contribution >= 0.6 is 0 Å². The van der Waals surface area contributed by atoms with Crippen LogP contribution in [-0.2, 0) is 0 Å². The summed E-state index contributed by atoms with van der Waals surface area (Å²) < 4.78 is 10.5. The van der Waals surface area contributed by atoms with E-state index in [4.69, 9.17) is 14.7 Å². The van der Waals surface area contributed by atoms with Gasteiger partial charge in [-0.25, -0.2) is 0 Å². The molecule has 0 aliphatic rings. The highest BCUT2D eigenvalue weighted by molar-refractivity contribution is 6.02. The summed E-state index contributed by atoms with van der Waals surface area (Å²) in [7, 11) is 3.14. The van der Waals surface area contributed by atoms with E-state index in [-0.39, 0.29) is 5.69 Å². The summed E-state index contributed by atoms with van der Waals surface area (Å²) in [6.45, 7) is 0. The third-order valence-electron chi connectivity index (χ3n) is 3.82. The molecular weight excluding hydrogens is 358 g/mol. The van der Waals surface area contributed by atoms with Gasteiger partial charge in [0.1, 0.15) is 11.5 Å². The molecule has 8 nitrogen and oxygen atoms in total. The normalized spacial score (nSPS) is 9.89. The van der Waals surface area contributed by atoms with E-state index in [0.29, 0.717) is 34.3 Å². The first kappa shape index (κ1) is 18.7. The fourth-order valence-electron chi connectivity index (χ4n) is 2.43. The Morgan fingerprint density at radius 1 is 1.04 bits per heavy atom. The number of carbonyl (C=O) groups excluding carboxylic acids is 1. The second kappa shape index (κ2) is 8.51. The van der Waals surface area contributed by atoms with E-state index in [9.17, 15) is 4.79 Å². The van der Waals surface area contributed by atoms with Crippen LogP contribution in [0.4, 0.5) is 17.2 Å². The Bertz CT molecular complexity index is 1030.